The van der Waals surface area contributed by atoms with Crippen LogP contribution in [0.25, 0.3) is 0 Å². The number of esters is 1. The van der Waals surface area contributed by atoms with Crippen LogP contribution >= 0.6 is 0 Å². The Labute approximate surface area is 210 Å². The van der Waals surface area contributed by atoms with Gasteiger partial charge in [0.1, 0.15) is 5.94 Å². The van der Waals surface area contributed by atoms with Crippen molar-refractivity contribution in [1.82, 2.24) is 10.8 Å². The standard InChI is InChI=1S/C25H24N2O10/c1-2-36-25(35)16-5-6-18(23(31)32)17(12-16)14-37-27-10-3-9-26-22(30)20-13-15(21(29)8-11-28)4-7-19(20)24(33)34/h4-8,12-13,27H,2-3,9-10,14H2,1H3,(H,26,30)(H,31,32)(H,33,34). The highest BCUT2D eigenvalue weighted by Gasteiger charge is 2.19. The molecule has 0 aromatic heterocycles. The third-order valence-corrected chi connectivity index (χ3v) is 4.89. The second-order valence-corrected chi connectivity index (χ2v) is 7.38. The molecule has 4 N–H and O–H groups in total. The van der Waals surface area contributed by atoms with Crippen LogP contribution < -0.4 is 10.8 Å². The largest absolute Gasteiger partial charge is 0.478 e. The number of ether oxygens (including phenoxy) is 1. The molecule has 37 heavy (non-hydrogen) atoms. The molecule has 0 atom stereocenters. The van der Waals surface area contributed by atoms with Gasteiger partial charge in [0, 0.05) is 18.7 Å². The lowest BCUT2D eigenvalue weighted by molar-refractivity contribution is 0.0265. The quantitative estimate of drug-likeness (QED) is 0.0720. The average Bonchev–Trinajstić information content (AvgIpc) is 2.87. The molecule has 0 saturated carbocycles. The van der Waals surface area contributed by atoms with Gasteiger partial charge in [0.05, 0.1) is 41.5 Å². The lowest BCUT2D eigenvalue weighted by Gasteiger charge is -2.11. The van der Waals surface area contributed by atoms with Crippen molar-refractivity contribution >= 4 is 35.5 Å². The lowest BCUT2D eigenvalue weighted by Crippen LogP contribution is -2.29. The van der Waals surface area contributed by atoms with Crippen molar-refractivity contribution < 1.29 is 48.6 Å². The van der Waals surface area contributed by atoms with Gasteiger partial charge in [-0.05, 0) is 49.2 Å². The van der Waals surface area contributed by atoms with Gasteiger partial charge in [-0.25, -0.2) is 24.7 Å². The maximum atomic E-state index is 12.5. The minimum Gasteiger partial charge on any atom is -0.478 e. The molecule has 0 spiro atoms. The SMILES string of the molecule is CCOC(=O)c1ccc(C(=O)O)c(CONCCCNC(=O)c2cc(C(=O)C=C=O)ccc2C(=O)O)c1. The zero-order valence-corrected chi connectivity index (χ0v) is 19.7. The van der Waals surface area contributed by atoms with Gasteiger partial charge in [0.25, 0.3) is 5.91 Å². The summed E-state index contributed by atoms with van der Waals surface area (Å²) in [6.07, 6.45) is 0.977. The molecule has 2 aromatic carbocycles. The third-order valence-electron chi connectivity index (χ3n) is 4.89. The summed E-state index contributed by atoms with van der Waals surface area (Å²) in [6, 6.07) is 7.37. The predicted molar refractivity (Wildman–Crippen MR) is 127 cm³/mol. The summed E-state index contributed by atoms with van der Waals surface area (Å²) in [7, 11) is 0. The molecule has 0 unspecified atom stereocenters. The van der Waals surface area contributed by atoms with Crippen LogP contribution in [0.4, 0.5) is 0 Å². The number of allylic oxidation sites excluding steroid dienone is 1. The fraction of sp³-hybridized carbons (Fsp3) is 0.240. The van der Waals surface area contributed by atoms with E-state index in [0.717, 1.165) is 12.1 Å². The molecule has 0 saturated heterocycles. The van der Waals surface area contributed by atoms with Crippen molar-refractivity contribution in [3.8, 4) is 0 Å². The van der Waals surface area contributed by atoms with Crippen LogP contribution in [0.15, 0.2) is 42.5 Å². The van der Waals surface area contributed by atoms with E-state index < -0.39 is 29.6 Å². The van der Waals surface area contributed by atoms with Crippen LogP contribution in [-0.2, 0) is 21.0 Å². The molecule has 0 aliphatic rings. The Hall–Kier alpha value is -4.64. The number of hydroxylamine groups is 1. The number of carboxylic acid groups (broad SMARTS) is 2. The summed E-state index contributed by atoms with van der Waals surface area (Å²) in [5, 5.41) is 21.2. The van der Waals surface area contributed by atoms with Gasteiger partial charge >= 0.3 is 17.9 Å². The van der Waals surface area contributed by atoms with Crippen LogP contribution in [-0.4, -0.2) is 65.4 Å². The van der Waals surface area contributed by atoms with Gasteiger partial charge in [0.15, 0.2) is 5.78 Å². The first-order valence-electron chi connectivity index (χ1n) is 11.0. The number of hydrogen-bond donors (Lipinski definition) is 4. The number of amides is 1. The van der Waals surface area contributed by atoms with E-state index in [1.807, 2.05) is 0 Å². The van der Waals surface area contributed by atoms with Gasteiger partial charge in [-0.15, -0.1) is 0 Å². The Kier molecular flexibility index (Phi) is 10.9. The van der Waals surface area contributed by atoms with Crippen LogP contribution in [0.5, 0.6) is 0 Å². The second-order valence-electron chi connectivity index (χ2n) is 7.38. The summed E-state index contributed by atoms with van der Waals surface area (Å²) >= 11 is 0. The van der Waals surface area contributed by atoms with E-state index in [2.05, 4.69) is 10.8 Å². The molecule has 0 aliphatic heterocycles. The number of carbonyl (C=O) groups is 5. The van der Waals surface area contributed by atoms with Crippen molar-refractivity contribution in [2.75, 3.05) is 19.7 Å². The highest BCUT2D eigenvalue weighted by molar-refractivity contribution is 6.11. The Morgan fingerprint density at radius 1 is 0.919 bits per heavy atom. The molecule has 0 bridgehead atoms. The Morgan fingerprint density at radius 2 is 1.59 bits per heavy atom. The zero-order valence-electron chi connectivity index (χ0n) is 19.7. The summed E-state index contributed by atoms with van der Waals surface area (Å²) in [4.78, 5) is 74.8. The highest BCUT2D eigenvalue weighted by atomic mass is 16.6. The Balaban J connectivity index is 1.90. The Bertz CT molecular complexity index is 1250. The number of carboxylic acids is 2. The van der Waals surface area contributed by atoms with Crippen LogP contribution in [0, 0.1) is 0 Å². The normalized spacial score (nSPS) is 10.2. The van der Waals surface area contributed by atoms with Crippen molar-refractivity contribution in [1.29, 1.82) is 0 Å². The van der Waals surface area contributed by atoms with Gasteiger partial charge in [0.2, 0.25) is 0 Å². The molecule has 194 valence electrons. The number of benzene rings is 2. The summed E-state index contributed by atoms with van der Waals surface area (Å²) in [6.45, 7) is 1.99. The smallest absolute Gasteiger partial charge is 0.338 e. The van der Waals surface area contributed by atoms with E-state index in [1.54, 1.807) is 6.92 Å². The zero-order chi connectivity index (χ0) is 27.4. The molecule has 12 heteroatoms. The molecule has 0 heterocycles. The van der Waals surface area contributed by atoms with E-state index in [0.29, 0.717) is 12.5 Å². The van der Waals surface area contributed by atoms with Crippen molar-refractivity contribution in [3.05, 3.63) is 75.9 Å². The van der Waals surface area contributed by atoms with Crippen LogP contribution in [0.2, 0.25) is 0 Å². The van der Waals surface area contributed by atoms with Gasteiger partial charge in [-0.3, -0.25) is 14.4 Å². The first-order valence-corrected chi connectivity index (χ1v) is 11.0. The molecular formula is C25H24N2O10. The number of rotatable bonds is 14. The average molecular weight is 512 g/mol. The molecule has 2 rings (SSSR count). The number of hydrogen-bond acceptors (Lipinski definition) is 9. The maximum Gasteiger partial charge on any atom is 0.338 e. The van der Waals surface area contributed by atoms with Crippen LogP contribution in [0.3, 0.4) is 0 Å². The van der Waals surface area contributed by atoms with Crippen molar-refractivity contribution in [3.63, 3.8) is 0 Å². The summed E-state index contributed by atoms with van der Waals surface area (Å²) in [5.41, 5.74) is 2.40. The molecule has 1 amide bonds. The minimum atomic E-state index is -1.36. The molecule has 0 radical (unpaired) electrons. The highest BCUT2D eigenvalue weighted by Crippen LogP contribution is 2.15. The fourth-order valence-corrected chi connectivity index (χ4v) is 3.13. The van der Waals surface area contributed by atoms with Crippen molar-refractivity contribution in [2.45, 2.75) is 20.0 Å². The molecule has 0 fully saturated rings. The monoisotopic (exact) mass is 512 g/mol. The molecule has 12 nitrogen and oxygen atoms in total. The van der Waals surface area contributed by atoms with E-state index in [1.165, 1.54) is 30.2 Å². The predicted octanol–water partition coefficient (Wildman–Crippen LogP) is 1.67. The van der Waals surface area contributed by atoms with Gasteiger partial charge < -0.3 is 20.3 Å². The molecular weight excluding hydrogens is 488 g/mol. The summed E-state index contributed by atoms with van der Waals surface area (Å²) in [5.74, 6) is -3.26. The number of aromatic carboxylic acids is 2. The van der Waals surface area contributed by atoms with Crippen molar-refractivity contribution in [2.24, 2.45) is 0 Å². The maximum absolute atomic E-state index is 12.5. The lowest BCUT2D eigenvalue weighted by atomic mass is 10.0. The van der Waals surface area contributed by atoms with Crippen LogP contribution in [0.1, 0.15) is 70.7 Å². The second kappa shape index (κ2) is 14.0. The first kappa shape index (κ1) is 28.6. The topological polar surface area (TPSA) is 185 Å². The van der Waals surface area contributed by atoms with E-state index >= 15 is 0 Å². The van der Waals surface area contributed by atoms with E-state index in [9.17, 15) is 39.0 Å². The number of ketones is 1. The third kappa shape index (κ3) is 8.22. The fourth-order valence-electron chi connectivity index (χ4n) is 3.13. The van der Waals surface area contributed by atoms with Gasteiger partial charge in [-0.1, -0.05) is 6.07 Å². The van der Waals surface area contributed by atoms with E-state index in [4.69, 9.17) is 9.57 Å². The first-order chi connectivity index (χ1) is 17.7. The summed E-state index contributed by atoms with van der Waals surface area (Å²) < 4.78 is 4.91. The number of carbonyl (C=O) groups excluding carboxylic acids is 4. The minimum absolute atomic E-state index is 0.0404. The number of nitrogens with one attached hydrogen (secondary N) is 2. The molecule has 2 aromatic rings. The van der Waals surface area contributed by atoms with Gasteiger partial charge in [-0.2, -0.15) is 0 Å². The molecule has 0 aliphatic carbocycles. The van der Waals surface area contributed by atoms with E-state index in [-0.39, 0.29) is 59.7 Å². The Morgan fingerprint density at radius 3 is 2.24 bits per heavy atom.